The van der Waals surface area contributed by atoms with E-state index in [2.05, 4.69) is 25.9 Å². The number of rotatable bonds is 1. The molecule has 0 bridgehead atoms. The molecule has 1 atom stereocenters. The summed E-state index contributed by atoms with van der Waals surface area (Å²) in [5.74, 6) is -0.263. The Morgan fingerprint density at radius 1 is 1.21 bits per heavy atom. The summed E-state index contributed by atoms with van der Waals surface area (Å²) < 4.78 is 13.7. The van der Waals surface area contributed by atoms with Crippen LogP contribution in [0.4, 0.5) is 10.1 Å². The fraction of sp³-hybridized carbons (Fsp3) is 0.143. The van der Waals surface area contributed by atoms with Gasteiger partial charge in [0.05, 0.1) is 15.5 Å². The predicted molar refractivity (Wildman–Crippen MR) is 74.7 cm³/mol. The molecule has 19 heavy (non-hydrogen) atoms. The average molecular weight is 320 g/mol. The molecule has 3 nitrogen and oxygen atoms in total. The Kier molecular flexibility index (Phi) is 2.86. The van der Waals surface area contributed by atoms with Crippen LogP contribution in [0, 0.1) is 12.7 Å². The van der Waals surface area contributed by atoms with E-state index in [1.165, 1.54) is 12.1 Å². The van der Waals surface area contributed by atoms with Gasteiger partial charge >= 0.3 is 0 Å². The second kappa shape index (κ2) is 4.42. The van der Waals surface area contributed by atoms with Crippen molar-refractivity contribution in [3.05, 3.63) is 62.5 Å². The average Bonchev–Trinajstić information content (AvgIpc) is 2.81. The maximum atomic E-state index is 12.9. The second-order valence-electron chi connectivity index (χ2n) is 4.47. The lowest BCUT2D eigenvalue weighted by Crippen LogP contribution is -2.24. The van der Waals surface area contributed by atoms with Gasteiger partial charge in [-0.15, -0.1) is 0 Å². The number of aryl methyl sites for hydroxylation is 1. The minimum atomic E-state index is -0.326. The number of nitrogens with two attached hydrogens (primary N) is 1. The van der Waals surface area contributed by atoms with Crippen LogP contribution in [0.15, 0.2) is 44.8 Å². The number of hydrogen-bond acceptors (Lipinski definition) is 3. The number of halogens is 2. The van der Waals surface area contributed by atoms with E-state index in [4.69, 9.17) is 5.73 Å². The molecule has 2 aromatic carbocycles. The van der Waals surface area contributed by atoms with Crippen molar-refractivity contribution in [2.24, 2.45) is 9.98 Å². The summed E-state index contributed by atoms with van der Waals surface area (Å²) in [4.78, 5) is 9.08. The molecule has 0 fully saturated rings. The summed E-state index contributed by atoms with van der Waals surface area (Å²) in [6.45, 7) is 1.93. The Bertz CT molecular complexity index is 769. The van der Waals surface area contributed by atoms with Gasteiger partial charge in [-0.1, -0.05) is 12.1 Å². The molecule has 1 aliphatic heterocycles. The number of nitrogens with zero attached hydrogens (tertiary/aromatic N) is 2. The third-order valence-electron chi connectivity index (χ3n) is 3.15. The van der Waals surface area contributed by atoms with Crippen LogP contribution in [0.2, 0.25) is 0 Å². The van der Waals surface area contributed by atoms with Gasteiger partial charge < -0.3 is 5.73 Å². The van der Waals surface area contributed by atoms with Crippen LogP contribution in [-0.4, -0.2) is 0 Å². The van der Waals surface area contributed by atoms with E-state index in [1.54, 1.807) is 12.1 Å². The van der Waals surface area contributed by atoms with E-state index >= 15 is 0 Å². The molecule has 2 aromatic rings. The lowest BCUT2D eigenvalue weighted by Gasteiger charge is -2.03. The third kappa shape index (κ3) is 2.04. The molecule has 2 N–H and O–H groups in total. The van der Waals surface area contributed by atoms with Gasteiger partial charge in [0.1, 0.15) is 11.2 Å². The van der Waals surface area contributed by atoms with Crippen LogP contribution in [0.1, 0.15) is 17.3 Å². The largest absolute Gasteiger partial charge is 0.398 e. The van der Waals surface area contributed by atoms with Crippen molar-refractivity contribution < 1.29 is 4.39 Å². The Labute approximate surface area is 117 Å². The Balaban J connectivity index is 2.15. The fourth-order valence-corrected chi connectivity index (χ4v) is 2.67. The molecule has 0 aliphatic carbocycles. The van der Waals surface area contributed by atoms with E-state index < -0.39 is 0 Å². The zero-order valence-electron chi connectivity index (χ0n) is 10.2. The zero-order chi connectivity index (χ0) is 13.6. The molecule has 5 heteroatoms. The summed E-state index contributed by atoms with van der Waals surface area (Å²) in [5, 5.41) is 1.57. The van der Waals surface area contributed by atoms with E-state index in [0.717, 1.165) is 26.3 Å². The van der Waals surface area contributed by atoms with Crippen LogP contribution in [0.5, 0.6) is 0 Å². The van der Waals surface area contributed by atoms with Gasteiger partial charge in [-0.2, -0.15) is 0 Å². The van der Waals surface area contributed by atoms with Crippen molar-refractivity contribution in [3.63, 3.8) is 0 Å². The van der Waals surface area contributed by atoms with Gasteiger partial charge in [0.2, 0.25) is 0 Å². The van der Waals surface area contributed by atoms with Gasteiger partial charge in [0.25, 0.3) is 0 Å². The van der Waals surface area contributed by atoms with Gasteiger partial charge in [-0.25, -0.2) is 4.39 Å². The fourth-order valence-electron chi connectivity index (χ4n) is 2.05. The number of fused-ring (bicyclic) bond motifs is 1. The van der Waals surface area contributed by atoms with Crippen LogP contribution >= 0.6 is 15.9 Å². The highest BCUT2D eigenvalue weighted by atomic mass is 79.9. The first kappa shape index (κ1) is 12.3. The van der Waals surface area contributed by atoms with Gasteiger partial charge in [0.15, 0.2) is 6.17 Å². The molecule has 0 spiro atoms. The second-order valence-corrected chi connectivity index (χ2v) is 5.27. The monoisotopic (exact) mass is 319 g/mol. The Morgan fingerprint density at radius 2 is 1.89 bits per heavy atom. The maximum absolute atomic E-state index is 12.9. The van der Waals surface area contributed by atoms with Gasteiger partial charge in [-0.05, 0) is 52.2 Å². The Morgan fingerprint density at radius 3 is 2.58 bits per heavy atom. The molecule has 0 unspecified atom stereocenters. The SMILES string of the molecule is Cc1cc2c(c(Br)c1N)=N[C@H](c1ccc(F)cc1)N=2. The maximum Gasteiger partial charge on any atom is 0.166 e. The quantitative estimate of drug-likeness (QED) is 0.806. The highest BCUT2D eigenvalue weighted by molar-refractivity contribution is 9.10. The number of anilines is 1. The summed E-state index contributed by atoms with van der Waals surface area (Å²) >= 11 is 3.45. The van der Waals surface area contributed by atoms with Crippen LogP contribution < -0.4 is 16.4 Å². The molecule has 0 amide bonds. The van der Waals surface area contributed by atoms with Crippen LogP contribution in [0.25, 0.3) is 0 Å². The number of hydrogen-bond donors (Lipinski definition) is 1. The predicted octanol–water partition coefficient (Wildman–Crippen LogP) is 2.43. The van der Waals surface area contributed by atoms with Crippen molar-refractivity contribution in [1.82, 2.24) is 0 Å². The van der Waals surface area contributed by atoms with Crippen molar-refractivity contribution in [3.8, 4) is 0 Å². The number of benzene rings is 2. The highest BCUT2D eigenvalue weighted by Crippen LogP contribution is 2.23. The minimum Gasteiger partial charge on any atom is -0.398 e. The smallest absolute Gasteiger partial charge is 0.166 e. The van der Waals surface area contributed by atoms with E-state index in [-0.39, 0.29) is 12.0 Å². The molecular formula is C14H11BrFN3. The summed E-state index contributed by atoms with van der Waals surface area (Å²) in [6.07, 6.45) is -0.326. The van der Waals surface area contributed by atoms with Crippen LogP contribution in [-0.2, 0) is 0 Å². The summed E-state index contributed by atoms with van der Waals surface area (Å²) in [6, 6.07) is 8.14. The van der Waals surface area contributed by atoms with Crippen LogP contribution in [0.3, 0.4) is 0 Å². The first-order chi connectivity index (χ1) is 9.06. The molecule has 0 saturated heterocycles. The third-order valence-corrected chi connectivity index (χ3v) is 3.95. The van der Waals surface area contributed by atoms with E-state index in [1.807, 2.05) is 13.0 Å². The van der Waals surface area contributed by atoms with E-state index in [9.17, 15) is 4.39 Å². The lowest BCUT2D eigenvalue weighted by atomic mass is 10.2. The van der Waals surface area contributed by atoms with Crippen molar-refractivity contribution in [2.75, 3.05) is 5.73 Å². The van der Waals surface area contributed by atoms with Gasteiger partial charge in [-0.3, -0.25) is 9.98 Å². The zero-order valence-corrected chi connectivity index (χ0v) is 11.8. The standard InChI is InChI=1S/C14H11BrFN3/c1-7-6-10-13(11(15)12(7)17)19-14(18-10)8-2-4-9(16)5-3-8/h2-6,14H,17H2,1H3/t14-/m1/s1. The van der Waals surface area contributed by atoms with E-state index in [0.29, 0.717) is 5.69 Å². The normalized spacial score (nSPS) is 16.7. The lowest BCUT2D eigenvalue weighted by molar-refractivity contribution is 0.625. The van der Waals surface area contributed by atoms with Crippen molar-refractivity contribution in [1.29, 1.82) is 0 Å². The summed E-state index contributed by atoms with van der Waals surface area (Å²) in [7, 11) is 0. The number of nitrogen functional groups attached to an aromatic ring is 1. The molecule has 0 saturated carbocycles. The van der Waals surface area contributed by atoms with Crippen molar-refractivity contribution in [2.45, 2.75) is 13.1 Å². The molecule has 96 valence electrons. The van der Waals surface area contributed by atoms with Gasteiger partial charge in [0, 0.05) is 0 Å². The molecule has 0 aromatic heterocycles. The molecule has 3 rings (SSSR count). The molecule has 1 aliphatic rings. The summed E-state index contributed by atoms with van der Waals surface area (Å²) in [5.41, 5.74) is 8.46. The highest BCUT2D eigenvalue weighted by Gasteiger charge is 2.16. The molecule has 1 heterocycles. The Hall–Kier alpha value is -1.75. The topological polar surface area (TPSA) is 50.7 Å². The minimum absolute atomic E-state index is 0.263. The molecular weight excluding hydrogens is 309 g/mol. The van der Waals surface area contributed by atoms with Crippen molar-refractivity contribution >= 4 is 21.6 Å². The molecule has 0 radical (unpaired) electrons. The first-order valence-corrected chi connectivity index (χ1v) is 6.61. The first-order valence-electron chi connectivity index (χ1n) is 5.82.